The Labute approximate surface area is 165 Å². The van der Waals surface area contributed by atoms with E-state index in [-0.39, 0.29) is 11.5 Å². The summed E-state index contributed by atoms with van der Waals surface area (Å²) in [5.41, 5.74) is 3.68. The second kappa shape index (κ2) is 5.85. The molecular weight excluding hydrogens is 350 g/mol. The largest absolute Gasteiger partial charge is 0.485 e. The van der Waals surface area contributed by atoms with Crippen LogP contribution in [0.4, 0.5) is 0 Å². The van der Waals surface area contributed by atoms with Crippen LogP contribution in [0.15, 0.2) is 54.6 Å². The van der Waals surface area contributed by atoms with Crippen LogP contribution in [0.25, 0.3) is 0 Å². The summed E-state index contributed by atoms with van der Waals surface area (Å²) < 4.78 is 12.7. The first-order valence-electron chi connectivity index (χ1n) is 10.2. The minimum absolute atomic E-state index is 0.125. The van der Waals surface area contributed by atoms with Gasteiger partial charge in [-0.25, -0.2) is 0 Å². The van der Waals surface area contributed by atoms with E-state index >= 15 is 0 Å². The Morgan fingerprint density at radius 2 is 2.04 bits per heavy atom. The highest BCUT2D eigenvalue weighted by Crippen LogP contribution is 2.62. The number of hydrogen-bond acceptors (Lipinski definition) is 4. The van der Waals surface area contributed by atoms with Crippen molar-refractivity contribution in [2.45, 2.75) is 43.1 Å². The van der Waals surface area contributed by atoms with Gasteiger partial charge in [0.1, 0.15) is 18.8 Å². The van der Waals surface area contributed by atoms with Gasteiger partial charge < -0.3 is 19.5 Å². The molecule has 1 saturated heterocycles. The number of nitrogens with zero attached hydrogens (tertiary/aromatic N) is 1. The van der Waals surface area contributed by atoms with E-state index in [4.69, 9.17) is 9.47 Å². The topological polar surface area (TPSA) is 41.9 Å². The predicted octanol–water partition coefficient (Wildman–Crippen LogP) is 3.07. The number of rotatable bonds is 3. The van der Waals surface area contributed by atoms with Crippen molar-refractivity contribution in [1.29, 1.82) is 0 Å². The third-order valence-corrected chi connectivity index (χ3v) is 7.37. The first kappa shape index (κ1) is 16.6. The van der Waals surface area contributed by atoms with Crippen molar-refractivity contribution in [2.75, 3.05) is 13.6 Å². The quantitative estimate of drug-likeness (QED) is 0.838. The van der Waals surface area contributed by atoms with Crippen LogP contribution < -0.4 is 9.47 Å². The molecule has 2 unspecified atom stereocenters. The SMILES string of the molecule is CN1CC[C@]23c4c5ccc(OCc6ccccc6)c4OC2[C@@H](O)C=CC3[C@H]1C5. The summed E-state index contributed by atoms with van der Waals surface area (Å²) in [5, 5.41) is 10.8. The molecule has 2 heterocycles. The fourth-order valence-electron chi connectivity index (χ4n) is 6.08. The molecule has 0 aromatic heterocycles. The van der Waals surface area contributed by atoms with Crippen LogP contribution in [0.3, 0.4) is 0 Å². The molecule has 4 nitrogen and oxygen atoms in total. The van der Waals surface area contributed by atoms with E-state index in [0.29, 0.717) is 18.6 Å². The van der Waals surface area contributed by atoms with Crippen LogP contribution in [-0.4, -0.2) is 41.8 Å². The van der Waals surface area contributed by atoms with Crippen LogP contribution in [0.1, 0.15) is 23.1 Å². The lowest BCUT2D eigenvalue weighted by Gasteiger charge is -2.56. The van der Waals surface area contributed by atoms with Crippen molar-refractivity contribution in [2.24, 2.45) is 5.92 Å². The number of likely N-dealkylation sites (N-methyl/N-ethyl adjacent to an activating group) is 1. The third kappa shape index (κ3) is 2.08. The first-order valence-corrected chi connectivity index (χ1v) is 10.2. The monoisotopic (exact) mass is 375 g/mol. The highest BCUT2D eigenvalue weighted by Gasteiger charge is 2.64. The van der Waals surface area contributed by atoms with Crippen molar-refractivity contribution in [3.63, 3.8) is 0 Å². The zero-order chi connectivity index (χ0) is 18.9. The molecule has 2 aromatic rings. The minimum atomic E-state index is -0.569. The second-order valence-corrected chi connectivity index (χ2v) is 8.68. The summed E-state index contributed by atoms with van der Waals surface area (Å²) in [6, 6.07) is 15.0. The van der Waals surface area contributed by atoms with Crippen molar-refractivity contribution in [1.82, 2.24) is 4.90 Å². The van der Waals surface area contributed by atoms with Gasteiger partial charge in [0, 0.05) is 22.9 Å². The van der Waals surface area contributed by atoms with E-state index in [1.165, 1.54) is 11.1 Å². The Hall–Kier alpha value is -2.30. The normalized spacial score (nSPS) is 34.6. The fourth-order valence-corrected chi connectivity index (χ4v) is 6.08. The predicted molar refractivity (Wildman–Crippen MR) is 107 cm³/mol. The molecule has 5 atom stereocenters. The Bertz CT molecular complexity index is 956. The van der Waals surface area contributed by atoms with Crippen molar-refractivity contribution >= 4 is 0 Å². The zero-order valence-corrected chi connectivity index (χ0v) is 16.0. The van der Waals surface area contributed by atoms with Gasteiger partial charge >= 0.3 is 0 Å². The van der Waals surface area contributed by atoms with Crippen LogP contribution >= 0.6 is 0 Å². The van der Waals surface area contributed by atoms with Gasteiger partial charge in [-0.05, 0) is 43.6 Å². The number of aliphatic hydroxyl groups is 1. The van der Waals surface area contributed by atoms with E-state index in [0.717, 1.165) is 36.4 Å². The second-order valence-electron chi connectivity index (χ2n) is 8.68. The van der Waals surface area contributed by atoms with E-state index in [2.05, 4.69) is 42.3 Å². The maximum atomic E-state index is 10.8. The maximum Gasteiger partial charge on any atom is 0.166 e. The smallest absolute Gasteiger partial charge is 0.166 e. The van der Waals surface area contributed by atoms with E-state index < -0.39 is 6.10 Å². The third-order valence-electron chi connectivity index (χ3n) is 7.37. The lowest BCUT2D eigenvalue weighted by Crippen LogP contribution is -2.64. The van der Waals surface area contributed by atoms with Crippen LogP contribution in [-0.2, 0) is 18.4 Å². The molecule has 1 spiro atoms. The molecule has 1 fully saturated rings. The molecule has 4 aliphatic rings. The summed E-state index contributed by atoms with van der Waals surface area (Å²) in [7, 11) is 2.23. The molecule has 0 radical (unpaired) electrons. The van der Waals surface area contributed by atoms with Gasteiger partial charge in [0.15, 0.2) is 11.5 Å². The van der Waals surface area contributed by atoms with E-state index in [1.54, 1.807) is 0 Å². The summed E-state index contributed by atoms with van der Waals surface area (Å²) in [5.74, 6) is 2.06. The number of likely N-dealkylation sites (tertiary alicyclic amines) is 1. The molecule has 2 bridgehead atoms. The number of hydrogen-bond donors (Lipinski definition) is 1. The summed E-state index contributed by atoms with van der Waals surface area (Å²) in [6.07, 6.45) is 5.45. The fraction of sp³-hybridized carbons (Fsp3) is 0.417. The van der Waals surface area contributed by atoms with Gasteiger partial charge in [0.2, 0.25) is 0 Å². The van der Waals surface area contributed by atoms with Crippen LogP contribution in [0, 0.1) is 5.92 Å². The van der Waals surface area contributed by atoms with Gasteiger partial charge in [-0.3, -0.25) is 0 Å². The number of benzene rings is 2. The Morgan fingerprint density at radius 1 is 1.18 bits per heavy atom. The standard InChI is InChI=1S/C24H25NO3/c1-25-12-11-24-17-8-9-19(26)23(24)28-22-20(27-14-15-5-3-2-4-6-15)10-7-16(21(22)24)13-18(17)25/h2-10,17-19,23,26H,11-14H2,1H3/t17?,18-,19+,23?,24+/m1/s1. The minimum Gasteiger partial charge on any atom is -0.485 e. The highest BCUT2D eigenvalue weighted by atomic mass is 16.5. The molecule has 0 saturated carbocycles. The Kier molecular flexibility index (Phi) is 3.48. The molecule has 28 heavy (non-hydrogen) atoms. The summed E-state index contributed by atoms with van der Waals surface area (Å²) in [6.45, 7) is 1.55. The molecule has 1 N–H and O–H groups in total. The van der Waals surface area contributed by atoms with Crippen molar-refractivity contribution in [3.05, 3.63) is 71.3 Å². The lowest BCUT2D eigenvalue weighted by molar-refractivity contribution is -0.0454. The summed E-state index contributed by atoms with van der Waals surface area (Å²) in [4.78, 5) is 2.48. The van der Waals surface area contributed by atoms with Crippen molar-refractivity contribution in [3.8, 4) is 11.5 Å². The number of ether oxygens (including phenoxy) is 2. The Morgan fingerprint density at radius 3 is 2.89 bits per heavy atom. The number of aliphatic hydroxyl groups excluding tert-OH is 1. The van der Waals surface area contributed by atoms with Gasteiger partial charge in [-0.1, -0.05) is 48.6 Å². The molecule has 2 aliphatic heterocycles. The van der Waals surface area contributed by atoms with E-state index in [1.807, 2.05) is 24.3 Å². The molecule has 4 heteroatoms. The molecule has 2 aliphatic carbocycles. The van der Waals surface area contributed by atoms with Gasteiger partial charge in [0.25, 0.3) is 0 Å². The van der Waals surface area contributed by atoms with Gasteiger partial charge in [0.05, 0.1) is 0 Å². The molecule has 2 aromatic carbocycles. The first-order chi connectivity index (χ1) is 13.7. The average molecular weight is 375 g/mol. The van der Waals surface area contributed by atoms with E-state index in [9.17, 15) is 5.11 Å². The van der Waals surface area contributed by atoms with Crippen LogP contribution in [0.2, 0.25) is 0 Å². The molecule has 144 valence electrons. The van der Waals surface area contributed by atoms with Gasteiger partial charge in [-0.15, -0.1) is 0 Å². The highest BCUT2D eigenvalue weighted by molar-refractivity contribution is 5.62. The summed E-state index contributed by atoms with van der Waals surface area (Å²) >= 11 is 0. The van der Waals surface area contributed by atoms with Crippen LogP contribution in [0.5, 0.6) is 11.5 Å². The van der Waals surface area contributed by atoms with Crippen molar-refractivity contribution < 1.29 is 14.6 Å². The average Bonchev–Trinajstić information content (AvgIpc) is 3.07. The molecule has 6 rings (SSSR count). The number of piperidine rings is 1. The zero-order valence-electron chi connectivity index (χ0n) is 16.0. The lowest BCUT2D eigenvalue weighted by atomic mass is 9.53. The maximum absolute atomic E-state index is 10.8. The Balaban J connectivity index is 1.45. The molecular formula is C24H25NO3. The molecule has 0 amide bonds. The van der Waals surface area contributed by atoms with Gasteiger partial charge in [-0.2, -0.15) is 0 Å².